The van der Waals surface area contributed by atoms with E-state index >= 15 is 0 Å². The van der Waals surface area contributed by atoms with Crippen molar-refractivity contribution in [2.24, 2.45) is 7.05 Å². The van der Waals surface area contributed by atoms with Gasteiger partial charge in [-0.3, -0.25) is 4.68 Å². The Morgan fingerprint density at radius 2 is 2.04 bits per heavy atom. The van der Waals surface area contributed by atoms with Crippen molar-refractivity contribution in [2.75, 3.05) is 6.54 Å². The molecule has 6 heteroatoms. The van der Waals surface area contributed by atoms with Gasteiger partial charge >= 0.3 is 6.03 Å². The van der Waals surface area contributed by atoms with Crippen LogP contribution in [0.4, 0.5) is 9.18 Å². The summed E-state index contributed by atoms with van der Waals surface area (Å²) in [6.07, 6.45) is 0.458. The van der Waals surface area contributed by atoms with Crippen LogP contribution in [0.15, 0.2) is 24.3 Å². The summed E-state index contributed by atoms with van der Waals surface area (Å²) >= 11 is 0. The predicted octanol–water partition coefficient (Wildman–Crippen LogP) is 2.78. The van der Waals surface area contributed by atoms with Gasteiger partial charge in [-0.05, 0) is 38.8 Å². The fourth-order valence-corrected chi connectivity index (χ4v) is 2.75. The molecule has 0 aliphatic rings. The lowest BCUT2D eigenvalue weighted by Gasteiger charge is -2.15. The van der Waals surface area contributed by atoms with Gasteiger partial charge in [0, 0.05) is 24.8 Å². The number of amides is 2. The van der Waals surface area contributed by atoms with Crippen molar-refractivity contribution in [2.45, 2.75) is 33.2 Å². The lowest BCUT2D eigenvalue weighted by atomic mass is 10.1. The third-order valence-electron chi connectivity index (χ3n) is 3.98. The molecule has 1 heterocycles. The summed E-state index contributed by atoms with van der Waals surface area (Å²) in [7, 11) is 1.88. The van der Waals surface area contributed by atoms with Gasteiger partial charge in [-0.25, -0.2) is 9.18 Å². The summed E-state index contributed by atoms with van der Waals surface area (Å²) in [6, 6.07) is 6.17. The molecule has 2 amide bonds. The van der Waals surface area contributed by atoms with Gasteiger partial charge in [0.15, 0.2) is 0 Å². The molecule has 1 aromatic carbocycles. The maximum absolute atomic E-state index is 13.5. The van der Waals surface area contributed by atoms with E-state index < -0.39 is 0 Å². The van der Waals surface area contributed by atoms with E-state index in [4.69, 9.17) is 0 Å². The van der Waals surface area contributed by atoms with Crippen molar-refractivity contribution < 1.29 is 9.18 Å². The van der Waals surface area contributed by atoms with Gasteiger partial charge in [0.1, 0.15) is 5.82 Å². The summed E-state index contributed by atoms with van der Waals surface area (Å²) < 4.78 is 15.3. The second kappa shape index (κ2) is 7.26. The van der Waals surface area contributed by atoms with Gasteiger partial charge in [0.25, 0.3) is 0 Å². The van der Waals surface area contributed by atoms with Crippen LogP contribution >= 0.6 is 0 Å². The molecule has 1 atom stereocenters. The second-order valence-electron chi connectivity index (χ2n) is 5.67. The summed E-state index contributed by atoms with van der Waals surface area (Å²) in [5.41, 5.74) is 3.56. The first-order valence-electron chi connectivity index (χ1n) is 7.68. The fraction of sp³-hybridized carbons (Fsp3) is 0.412. The smallest absolute Gasteiger partial charge is 0.315 e. The molecular weight excluding hydrogens is 295 g/mol. The SMILES string of the molecule is Cc1nn(C)c(C)c1C(C)NC(=O)NCCc1ccccc1F. The van der Waals surface area contributed by atoms with Crippen LogP contribution in [0, 0.1) is 19.7 Å². The lowest BCUT2D eigenvalue weighted by Crippen LogP contribution is -2.38. The highest BCUT2D eigenvalue weighted by atomic mass is 19.1. The van der Waals surface area contributed by atoms with E-state index in [1.807, 2.05) is 27.8 Å². The largest absolute Gasteiger partial charge is 0.338 e. The van der Waals surface area contributed by atoms with E-state index in [0.29, 0.717) is 18.5 Å². The van der Waals surface area contributed by atoms with Crippen LogP contribution < -0.4 is 10.6 Å². The van der Waals surface area contributed by atoms with Gasteiger partial charge in [-0.2, -0.15) is 5.10 Å². The van der Waals surface area contributed by atoms with E-state index in [-0.39, 0.29) is 17.9 Å². The molecule has 1 aromatic heterocycles. The number of urea groups is 1. The van der Waals surface area contributed by atoms with Crippen LogP contribution in [0.2, 0.25) is 0 Å². The molecule has 0 bridgehead atoms. The number of carbonyl (C=O) groups excluding carboxylic acids is 1. The maximum Gasteiger partial charge on any atom is 0.315 e. The Labute approximate surface area is 135 Å². The Kier molecular flexibility index (Phi) is 5.36. The van der Waals surface area contributed by atoms with Crippen molar-refractivity contribution in [1.29, 1.82) is 0 Å². The molecule has 0 radical (unpaired) electrons. The minimum atomic E-state index is -0.267. The Balaban J connectivity index is 1.86. The molecule has 0 saturated heterocycles. The van der Waals surface area contributed by atoms with E-state index in [1.165, 1.54) is 6.07 Å². The molecule has 1 unspecified atom stereocenters. The van der Waals surface area contributed by atoms with Crippen LogP contribution in [0.25, 0.3) is 0 Å². The molecule has 0 aliphatic carbocycles. The normalized spacial score (nSPS) is 12.0. The Morgan fingerprint density at radius 1 is 1.35 bits per heavy atom. The first kappa shape index (κ1) is 17.0. The van der Waals surface area contributed by atoms with Crippen LogP contribution in [0.1, 0.15) is 35.5 Å². The minimum Gasteiger partial charge on any atom is -0.338 e. The van der Waals surface area contributed by atoms with Gasteiger partial charge in [-0.1, -0.05) is 18.2 Å². The van der Waals surface area contributed by atoms with Gasteiger partial charge in [0.05, 0.1) is 11.7 Å². The number of aryl methyl sites for hydroxylation is 2. The Morgan fingerprint density at radius 3 is 2.65 bits per heavy atom. The first-order chi connectivity index (χ1) is 10.9. The molecule has 0 aliphatic heterocycles. The average Bonchev–Trinajstić information content (AvgIpc) is 2.74. The zero-order valence-electron chi connectivity index (χ0n) is 14.0. The van der Waals surface area contributed by atoms with Crippen molar-refractivity contribution in [3.63, 3.8) is 0 Å². The van der Waals surface area contributed by atoms with E-state index in [1.54, 1.807) is 22.9 Å². The van der Waals surface area contributed by atoms with Crippen molar-refractivity contribution in [3.8, 4) is 0 Å². The fourth-order valence-electron chi connectivity index (χ4n) is 2.75. The predicted molar refractivity (Wildman–Crippen MR) is 87.7 cm³/mol. The molecule has 23 heavy (non-hydrogen) atoms. The van der Waals surface area contributed by atoms with Crippen LogP contribution in [-0.4, -0.2) is 22.4 Å². The highest BCUT2D eigenvalue weighted by molar-refractivity contribution is 5.74. The number of hydrogen-bond acceptors (Lipinski definition) is 2. The molecule has 0 saturated carbocycles. The van der Waals surface area contributed by atoms with Crippen molar-refractivity contribution >= 4 is 6.03 Å². The van der Waals surface area contributed by atoms with Crippen LogP contribution in [-0.2, 0) is 13.5 Å². The van der Waals surface area contributed by atoms with Crippen molar-refractivity contribution in [3.05, 3.63) is 52.6 Å². The highest BCUT2D eigenvalue weighted by Gasteiger charge is 2.17. The monoisotopic (exact) mass is 318 g/mol. The number of nitrogens with zero attached hydrogens (tertiary/aromatic N) is 2. The minimum absolute atomic E-state index is 0.142. The second-order valence-corrected chi connectivity index (χ2v) is 5.67. The zero-order chi connectivity index (χ0) is 17.0. The Bertz CT molecular complexity index is 696. The van der Waals surface area contributed by atoms with Gasteiger partial charge < -0.3 is 10.6 Å². The zero-order valence-corrected chi connectivity index (χ0v) is 14.0. The number of benzene rings is 1. The van der Waals surface area contributed by atoms with E-state index in [9.17, 15) is 9.18 Å². The Hall–Kier alpha value is -2.37. The third-order valence-corrected chi connectivity index (χ3v) is 3.98. The highest BCUT2D eigenvalue weighted by Crippen LogP contribution is 2.20. The van der Waals surface area contributed by atoms with E-state index in [2.05, 4.69) is 15.7 Å². The quantitative estimate of drug-likeness (QED) is 0.890. The maximum atomic E-state index is 13.5. The van der Waals surface area contributed by atoms with Crippen LogP contribution in [0.5, 0.6) is 0 Å². The van der Waals surface area contributed by atoms with Gasteiger partial charge in [-0.15, -0.1) is 0 Å². The van der Waals surface area contributed by atoms with E-state index in [0.717, 1.165) is 17.0 Å². The number of nitrogens with one attached hydrogen (secondary N) is 2. The topological polar surface area (TPSA) is 59.0 Å². The number of rotatable bonds is 5. The lowest BCUT2D eigenvalue weighted by molar-refractivity contribution is 0.238. The summed E-state index contributed by atoms with van der Waals surface area (Å²) in [5, 5.41) is 10.0. The molecule has 2 rings (SSSR count). The molecular formula is C17H23FN4O. The van der Waals surface area contributed by atoms with Crippen molar-refractivity contribution in [1.82, 2.24) is 20.4 Å². The number of hydrogen-bond donors (Lipinski definition) is 2. The van der Waals surface area contributed by atoms with Gasteiger partial charge in [0.2, 0.25) is 0 Å². The first-order valence-corrected chi connectivity index (χ1v) is 7.68. The number of carbonyl (C=O) groups is 1. The molecule has 0 fully saturated rings. The molecule has 5 nitrogen and oxygen atoms in total. The molecule has 2 aromatic rings. The molecule has 2 N–H and O–H groups in total. The number of halogens is 1. The summed E-state index contributed by atoms with van der Waals surface area (Å²) in [4.78, 5) is 12.0. The summed E-state index contributed by atoms with van der Waals surface area (Å²) in [6.45, 7) is 6.21. The standard InChI is InChI=1S/C17H23FN4O/c1-11(16-12(2)21-22(4)13(16)3)20-17(23)19-10-9-14-7-5-6-8-15(14)18/h5-8,11H,9-10H2,1-4H3,(H2,19,20,23). The number of aromatic nitrogens is 2. The molecule has 0 spiro atoms. The summed E-state index contributed by atoms with van der Waals surface area (Å²) in [5.74, 6) is -0.246. The average molecular weight is 318 g/mol. The third kappa shape index (κ3) is 4.09. The van der Waals surface area contributed by atoms with Crippen LogP contribution in [0.3, 0.4) is 0 Å². The molecule has 124 valence electrons.